The minimum atomic E-state index is -0.671. The zero-order valence-electron chi connectivity index (χ0n) is 13.3. The monoisotopic (exact) mass is 322 g/mol. The molecule has 0 amide bonds. The molecule has 6 heteroatoms. The Kier molecular flexibility index (Phi) is 3.91. The van der Waals surface area contributed by atoms with Crippen molar-refractivity contribution in [3.63, 3.8) is 0 Å². The zero-order chi connectivity index (χ0) is 16.0. The molecule has 1 aromatic rings. The standard InChI is InChI=1S/C17H22O6/c1-17(2)22-14-13(12-11(8-18)20-12)21-16(15(14)23-17)19-9-10-6-4-3-5-7-10/h3-7,11-16,18H,8-9H2,1-2H3/t11-,12+,13+,14-,15-,16+/m0/s1. The van der Waals surface area contributed by atoms with Crippen LogP contribution in [0.1, 0.15) is 19.4 Å². The van der Waals surface area contributed by atoms with Crippen LogP contribution >= 0.6 is 0 Å². The maximum absolute atomic E-state index is 9.21. The van der Waals surface area contributed by atoms with Gasteiger partial charge in [-0.25, -0.2) is 0 Å². The van der Waals surface area contributed by atoms with E-state index in [0.29, 0.717) is 6.61 Å². The highest BCUT2D eigenvalue weighted by Gasteiger charge is 2.62. The molecule has 3 fully saturated rings. The fourth-order valence-electron chi connectivity index (χ4n) is 3.34. The Labute approximate surface area is 135 Å². The molecule has 6 nitrogen and oxygen atoms in total. The van der Waals surface area contributed by atoms with Gasteiger partial charge in [-0.1, -0.05) is 30.3 Å². The van der Waals surface area contributed by atoms with Gasteiger partial charge in [0.1, 0.15) is 30.5 Å². The normalized spacial score (nSPS) is 41.0. The van der Waals surface area contributed by atoms with Crippen LogP contribution < -0.4 is 0 Å². The number of epoxide rings is 1. The first-order valence-corrected chi connectivity index (χ1v) is 8.00. The summed E-state index contributed by atoms with van der Waals surface area (Å²) < 4.78 is 29.3. The number of benzene rings is 1. The minimum absolute atomic E-state index is 0.0122. The summed E-state index contributed by atoms with van der Waals surface area (Å²) in [6, 6.07) is 9.93. The Morgan fingerprint density at radius 3 is 2.43 bits per heavy atom. The third kappa shape index (κ3) is 3.03. The van der Waals surface area contributed by atoms with E-state index in [0.717, 1.165) is 5.56 Å². The van der Waals surface area contributed by atoms with E-state index < -0.39 is 12.1 Å². The van der Waals surface area contributed by atoms with Crippen LogP contribution in [-0.4, -0.2) is 54.3 Å². The van der Waals surface area contributed by atoms with Gasteiger partial charge in [-0.05, 0) is 19.4 Å². The third-order valence-electron chi connectivity index (χ3n) is 4.43. The van der Waals surface area contributed by atoms with Crippen LogP contribution in [0.2, 0.25) is 0 Å². The van der Waals surface area contributed by atoms with Crippen molar-refractivity contribution in [1.29, 1.82) is 0 Å². The summed E-state index contributed by atoms with van der Waals surface area (Å²) >= 11 is 0. The Bertz CT molecular complexity index is 547. The summed E-state index contributed by atoms with van der Waals surface area (Å²) in [5.74, 6) is -0.671. The van der Waals surface area contributed by atoms with E-state index in [1.807, 2.05) is 44.2 Å². The fraction of sp³-hybridized carbons (Fsp3) is 0.647. The predicted molar refractivity (Wildman–Crippen MR) is 79.5 cm³/mol. The topological polar surface area (TPSA) is 69.7 Å². The van der Waals surface area contributed by atoms with Crippen LogP contribution in [0.4, 0.5) is 0 Å². The Morgan fingerprint density at radius 1 is 1.00 bits per heavy atom. The van der Waals surface area contributed by atoms with E-state index in [-0.39, 0.29) is 37.1 Å². The van der Waals surface area contributed by atoms with E-state index >= 15 is 0 Å². The molecule has 1 N–H and O–H groups in total. The van der Waals surface area contributed by atoms with Crippen molar-refractivity contribution in [3.05, 3.63) is 35.9 Å². The van der Waals surface area contributed by atoms with Crippen molar-refractivity contribution >= 4 is 0 Å². The molecule has 4 rings (SSSR count). The Hall–Kier alpha value is -1.02. The lowest BCUT2D eigenvalue weighted by Crippen LogP contribution is -2.34. The second kappa shape index (κ2) is 5.81. The van der Waals surface area contributed by atoms with Crippen LogP contribution in [0.15, 0.2) is 30.3 Å². The van der Waals surface area contributed by atoms with Gasteiger partial charge >= 0.3 is 0 Å². The highest BCUT2D eigenvalue weighted by Crippen LogP contribution is 2.44. The summed E-state index contributed by atoms with van der Waals surface area (Å²) in [5.41, 5.74) is 1.07. The number of aliphatic hydroxyl groups is 1. The predicted octanol–water partition coefficient (Wildman–Crippen LogP) is 1.21. The third-order valence-corrected chi connectivity index (χ3v) is 4.43. The van der Waals surface area contributed by atoms with Crippen LogP contribution in [0, 0.1) is 0 Å². The van der Waals surface area contributed by atoms with Gasteiger partial charge in [0.15, 0.2) is 12.1 Å². The SMILES string of the molecule is CC1(C)O[C@H]2[C@@H]([C@@H]3O[C@H]3CO)O[C@@H](OCc3ccccc3)[C@H]2O1. The molecule has 6 atom stereocenters. The molecule has 3 aliphatic rings. The smallest absolute Gasteiger partial charge is 0.187 e. The summed E-state index contributed by atoms with van der Waals surface area (Å²) in [5, 5.41) is 9.21. The molecule has 23 heavy (non-hydrogen) atoms. The first-order chi connectivity index (χ1) is 11.1. The van der Waals surface area contributed by atoms with Crippen molar-refractivity contribution in [2.24, 2.45) is 0 Å². The van der Waals surface area contributed by atoms with Crippen molar-refractivity contribution in [1.82, 2.24) is 0 Å². The first kappa shape index (κ1) is 15.5. The summed E-state index contributed by atoms with van der Waals surface area (Å²) in [6.45, 7) is 4.20. The molecule has 3 heterocycles. The average molecular weight is 322 g/mol. The highest BCUT2D eigenvalue weighted by molar-refractivity contribution is 5.13. The number of aliphatic hydroxyl groups excluding tert-OH is 1. The zero-order valence-corrected chi connectivity index (χ0v) is 13.3. The molecule has 0 spiro atoms. The molecule has 126 valence electrons. The first-order valence-electron chi connectivity index (χ1n) is 8.00. The largest absolute Gasteiger partial charge is 0.394 e. The summed E-state index contributed by atoms with van der Waals surface area (Å²) in [4.78, 5) is 0. The number of hydrogen-bond donors (Lipinski definition) is 1. The van der Waals surface area contributed by atoms with E-state index in [9.17, 15) is 5.11 Å². The van der Waals surface area contributed by atoms with Gasteiger partial charge in [0.2, 0.25) is 0 Å². The number of fused-ring (bicyclic) bond motifs is 1. The molecular formula is C17H22O6. The second-order valence-corrected chi connectivity index (χ2v) is 6.65. The molecule has 0 bridgehead atoms. The van der Waals surface area contributed by atoms with Crippen molar-refractivity contribution in [3.8, 4) is 0 Å². The molecular weight excluding hydrogens is 300 g/mol. The lowest BCUT2D eigenvalue weighted by Gasteiger charge is -2.23. The summed E-state index contributed by atoms with van der Waals surface area (Å²) in [6.07, 6.45) is -1.65. The van der Waals surface area contributed by atoms with Crippen molar-refractivity contribution in [2.45, 2.75) is 63.1 Å². The molecule has 0 unspecified atom stereocenters. The Morgan fingerprint density at radius 2 is 1.74 bits per heavy atom. The maximum atomic E-state index is 9.21. The van der Waals surface area contributed by atoms with E-state index in [4.69, 9.17) is 23.7 Å². The maximum Gasteiger partial charge on any atom is 0.187 e. The van der Waals surface area contributed by atoms with Crippen LogP contribution in [0.25, 0.3) is 0 Å². The average Bonchev–Trinajstić information content (AvgIpc) is 3.16. The molecule has 0 saturated carbocycles. The van der Waals surface area contributed by atoms with Gasteiger partial charge in [-0.15, -0.1) is 0 Å². The van der Waals surface area contributed by atoms with Gasteiger partial charge in [-0.3, -0.25) is 0 Å². The molecule has 3 aliphatic heterocycles. The Balaban J connectivity index is 1.45. The van der Waals surface area contributed by atoms with Gasteiger partial charge in [0, 0.05) is 0 Å². The number of rotatable bonds is 5. The van der Waals surface area contributed by atoms with E-state index in [1.165, 1.54) is 0 Å². The van der Waals surface area contributed by atoms with E-state index in [2.05, 4.69) is 0 Å². The van der Waals surface area contributed by atoms with Gasteiger partial charge in [-0.2, -0.15) is 0 Å². The second-order valence-electron chi connectivity index (χ2n) is 6.65. The minimum Gasteiger partial charge on any atom is -0.394 e. The summed E-state index contributed by atoms with van der Waals surface area (Å²) in [7, 11) is 0. The molecule has 0 aliphatic carbocycles. The number of ether oxygens (including phenoxy) is 5. The lowest BCUT2D eigenvalue weighted by atomic mass is 10.1. The van der Waals surface area contributed by atoms with Gasteiger partial charge < -0.3 is 28.8 Å². The van der Waals surface area contributed by atoms with Gasteiger partial charge in [0.05, 0.1) is 13.2 Å². The van der Waals surface area contributed by atoms with Crippen LogP contribution in [-0.2, 0) is 30.3 Å². The number of hydrogen-bond acceptors (Lipinski definition) is 6. The van der Waals surface area contributed by atoms with Crippen molar-refractivity contribution < 1.29 is 28.8 Å². The fourth-order valence-corrected chi connectivity index (χ4v) is 3.34. The lowest BCUT2D eigenvalue weighted by molar-refractivity contribution is -0.238. The molecule has 1 aromatic carbocycles. The van der Waals surface area contributed by atoms with Crippen LogP contribution in [0.3, 0.4) is 0 Å². The van der Waals surface area contributed by atoms with Gasteiger partial charge in [0.25, 0.3) is 0 Å². The van der Waals surface area contributed by atoms with Crippen LogP contribution in [0.5, 0.6) is 0 Å². The van der Waals surface area contributed by atoms with E-state index in [1.54, 1.807) is 0 Å². The molecule has 3 saturated heterocycles. The van der Waals surface area contributed by atoms with Crippen molar-refractivity contribution in [2.75, 3.05) is 6.61 Å². The molecule has 0 aromatic heterocycles. The quantitative estimate of drug-likeness (QED) is 0.822. The highest BCUT2D eigenvalue weighted by atomic mass is 16.8. The molecule has 0 radical (unpaired) electrons.